The van der Waals surface area contributed by atoms with E-state index in [1.807, 2.05) is 0 Å². The van der Waals surface area contributed by atoms with E-state index in [1.165, 1.54) is 19.3 Å². The second-order valence-electron chi connectivity index (χ2n) is 5.23. The first kappa shape index (κ1) is 13.0. The van der Waals surface area contributed by atoms with Crippen LogP contribution in [-0.4, -0.2) is 36.6 Å². The summed E-state index contributed by atoms with van der Waals surface area (Å²) in [5, 5.41) is 3.59. The highest BCUT2D eigenvalue weighted by Crippen LogP contribution is 2.35. The third kappa shape index (κ3) is 3.76. The van der Waals surface area contributed by atoms with Gasteiger partial charge in [-0.1, -0.05) is 6.92 Å². The molecule has 15 heavy (non-hydrogen) atoms. The lowest BCUT2D eigenvalue weighted by atomic mass is 10.1. The van der Waals surface area contributed by atoms with Crippen molar-refractivity contribution in [2.24, 2.45) is 5.92 Å². The van der Waals surface area contributed by atoms with Crippen molar-refractivity contribution in [3.05, 3.63) is 0 Å². The fourth-order valence-corrected chi connectivity index (χ4v) is 2.18. The summed E-state index contributed by atoms with van der Waals surface area (Å²) >= 11 is 0. The van der Waals surface area contributed by atoms with Crippen molar-refractivity contribution in [3.63, 3.8) is 0 Å². The second kappa shape index (κ2) is 5.86. The quantitative estimate of drug-likeness (QED) is 0.697. The maximum atomic E-state index is 3.59. The summed E-state index contributed by atoms with van der Waals surface area (Å²) in [4.78, 5) is 2.55. The predicted octanol–water partition coefficient (Wildman–Crippen LogP) is 2.49. The Morgan fingerprint density at radius 2 is 1.87 bits per heavy atom. The van der Waals surface area contributed by atoms with E-state index in [1.54, 1.807) is 0 Å². The molecule has 0 aromatic heterocycles. The van der Waals surface area contributed by atoms with Gasteiger partial charge in [0.1, 0.15) is 0 Å². The Bertz CT molecular complexity index is 177. The van der Waals surface area contributed by atoms with Crippen LogP contribution in [0.2, 0.25) is 0 Å². The summed E-state index contributed by atoms with van der Waals surface area (Å²) in [6.07, 6.45) is 4.10. The molecule has 1 fully saturated rings. The molecule has 0 aromatic carbocycles. The lowest BCUT2D eigenvalue weighted by Gasteiger charge is -2.35. The van der Waals surface area contributed by atoms with Gasteiger partial charge in [-0.25, -0.2) is 0 Å². The Morgan fingerprint density at radius 1 is 1.27 bits per heavy atom. The van der Waals surface area contributed by atoms with Gasteiger partial charge in [0, 0.05) is 18.1 Å². The molecular weight excluding hydrogens is 184 g/mol. The maximum Gasteiger partial charge on any atom is 0.0218 e. The Balaban J connectivity index is 2.32. The fraction of sp³-hybridized carbons (Fsp3) is 1.00. The van der Waals surface area contributed by atoms with Crippen LogP contribution in [0.15, 0.2) is 0 Å². The van der Waals surface area contributed by atoms with Crippen molar-refractivity contribution in [1.29, 1.82) is 0 Å². The van der Waals surface area contributed by atoms with E-state index in [0.29, 0.717) is 12.1 Å². The van der Waals surface area contributed by atoms with Crippen molar-refractivity contribution in [2.45, 2.75) is 65.1 Å². The Kier molecular flexibility index (Phi) is 5.07. The van der Waals surface area contributed by atoms with Crippen LogP contribution in [0.4, 0.5) is 0 Å². The number of hydrogen-bond acceptors (Lipinski definition) is 2. The molecule has 0 saturated heterocycles. The highest BCUT2D eigenvalue weighted by molar-refractivity contribution is 4.88. The molecule has 0 heterocycles. The minimum atomic E-state index is 0.594. The number of likely N-dealkylation sites (N-methyl/N-ethyl adjacent to an activating group) is 1. The number of nitrogens with one attached hydrogen (secondary N) is 1. The third-order valence-corrected chi connectivity index (χ3v) is 4.03. The molecule has 0 amide bonds. The third-order valence-electron chi connectivity index (χ3n) is 4.03. The largest absolute Gasteiger partial charge is 0.313 e. The van der Waals surface area contributed by atoms with Crippen LogP contribution in [0.3, 0.4) is 0 Å². The zero-order valence-corrected chi connectivity index (χ0v) is 11.1. The van der Waals surface area contributed by atoms with Crippen LogP contribution in [0.25, 0.3) is 0 Å². The molecule has 3 unspecified atom stereocenters. The normalized spacial score (nSPS) is 22.8. The van der Waals surface area contributed by atoms with Gasteiger partial charge < -0.3 is 5.32 Å². The first-order valence-electron chi connectivity index (χ1n) is 6.53. The van der Waals surface area contributed by atoms with E-state index in [0.717, 1.165) is 18.5 Å². The van der Waals surface area contributed by atoms with Gasteiger partial charge in [0.2, 0.25) is 0 Å². The van der Waals surface area contributed by atoms with E-state index < -0.39 is 0 Å². The monoisotopic (exact) mass is 212 g/mol. The van der Waals surface area contributed by atoms with Crippen molar-refractivity contribution in [3.8, 4) is 0 Å². The van der Waals surface area contributed by atoms with Crippen molar-refractivity contribution in [1.82, 2.24) is 10.2 Å². The van der Waals surface area contributed by atoms with E-state index >= 15 is 0 Å². The van der Waals surface area contributed by atoms with Crippen LogP contribution >= 0.6 is 0 Å². The van der Waals surface area contributed by atoms with Gasteiger partial charge in [-0.15, -0.1) is 0 Å². The van der Waals surface area contributed by atoms with Gasteiger partial charge in [0.15, 0.2) is 0 Å². The van der Waals surface area contributed by atoms with Gasteiger partial charge >= 0.3 is 0 Å². The molecule has 90 valence electrons. The topological polar surface area (TPSA) is 15.3 Å². The number of hydrogen-bond donors (Lipinski definition) is 1. The summed E-state index contributed by atoms with van der Waals surface area (Å²) in [6, 6.07) is 1.98. The molecule has 0 spiro atoms. The lowest BCUT2D eigenvalue weighted by Crippen LogP contribution is -2.49. The smallest absolute Gasteiger partial charge is 0.0218 e. The van der Waals surface area contributed by atoms with E-state index in [-0.39, 0.29) is 0 Å². The molecule has 1 N–H and O–H groups in total. The molecule has 0 aromatic rings. The Hall–Kier alpha value is -0.0800. The molecule has 0 bridgehead atoms. The molecule has 1 aliphatic carbocycles. The summed E-state index contributed by atoms with van der Waals surface area (Å²) in [6.45, 7) is 10.4. The second-order valence-corrected chi connectivity index (χ2v) is 5.23. The molecule has 0 radical (unpaired) electrons. The maximum absolute atomic E-state index is 3.59. The van der Waals surface area contributed by atoms with Crippen molar-refractivity contribution < 1.29 is 0 Å². The van der Waals surface area contributed by atoms with Crippen molar-refractivity contribution >= 4 is 0 Å². The van der Waals surface area contributed by atoms with Crippen LogP contribution < -0.4 is 5.32 Å². The molecule has 3 atom stereocenters. The van der Waals surface area contributed by atoms with Gasteiger partial charge in [0.25, 0.3) is 0 Å². The molecular formula is C13H28N2. The first-order chi connectivity index (χ1) is 7.07. The van der Waals surface area contributed by atoms with Gasteiger partial charge in [0.05, 0.1) is 0 Å². The summed E-state index contributed by atoms with van der Waals surface area (Å²) in [7, 11) is 2.28. The minimum Gasteiger partial charge on any atom is -0.313 e. The highest BCUT2D eigenvalue weighted by Gasteiger charge is 2.33. The Morgan fingerprint density at radius 3 is 2.33 bits per heavy atom. The fourth-order valence-electron chi connectivity index (χ4n) is 2.18. The van der Waals surface area contributed by atoms with Crippen LogP contribution in [-0.2, 0) is 0 Å². The van der Waals surface area contributed by atoms with Crippen LogP contribution in [0, 0.1) is 5.92 Å². The van der Waals surface area contributed by atoms with Crippen molar-refractivity contribution in [2.75, 3.05) is 13.6 Å². The standard InChI is InChI=1S/C13H28N2/c1-6-9-14-10(2)11(3)15(5)12(4)13-7-8-13/h10-14H,6-9H2,1-5H3. The molecule has 2 heteroatoms. The highest BCUT2D eigenvalue weighted by atomic mass is 15.2. The molecule has 1 saturated carbocycles. The number of nitrogens with zero attached hydrogens (tertiary/aromatic N) is 1. The lowest BCUT2D eigenvalue weighted by molar-refractivity contribution is 0.149. The number of rotatable bonds is 7. The van der Waals surface area contributed by atoms with Crippen LogP contribution in [0.5, 0.6) is 0 Å². The molecule has 2 nitrogen and oxygen atoms in total. The van der Waals surface area contributed by atoms with E-state index in [2.05, 4.69) is 45.0 Å². The van der Waals surface area contributed by atoms with Gasteiger partial charge in [-0.2, -0.15) is 0 Å². The Labute approximate surface area is 95.4 Å². The van der Waals surface area contributed by atoms with E-state index in [4.69, 9.17) is 0 Å². The molecule has 1 aliphatic rings. The van der Waals surface area contributed by atoms with Crippen LogP contribution in [0.1, 0.15) is 47.0 Å². The SMILES string of the molecule is CCCNC(C)C(C)N(C)C(C)C1CC1. The average molecular weight is 212 g/mol. The summed E-state index contributed by atoms with van der Waals surface area (Å²) in [5.41, 5.74) is 0. The summed E-state index contributed by atoms with van der Waals surface area (Å²) < 4.78 is 0. The summed E-state index contributed by atoms with van der Waals surface area (Å²) in [5.74, 6) is 0.968. The average Bonchev–Trinajstić information content (AvgIpc) is 3.06. The van der Waals surface area contributed by atoms with Gasteiger partial charge in [-0.05, 0) is 59.5 Å². The predicted molar refractivity (Wildman–Crippen MR) is 67.2 cm³/mol. The first-order valence-corrected chi connectivity index (χ1v) is 6.53. The molecule has 1 rings (SSSR count). The van der Waals surface area contributed by atoms with Gasteiger partial charge in [-0.3, -0.25) is 4.90 Å². The van der Waals surface area contributed by atoms with E-state index in [9.17, 15) is 0 Å². The zero-order valence-electron chi connectivity index (χ0n) is 11.1. The zero-order chi connectivity index (χ0) is 11.4. The minimum absolute atomic E-state index is 0.594. The molecule has 0 aliphatic heterocycles.